The number of ether oxygens (including phenoxy) is 1. The first-order valence-corrected chi connectivity index (χ1v) is 9.09. The van der Waals surface area contributed by atoms with Crippen LogP contribution in [0.2, 0.25) is 0 Å². The molecule has 0 radical (unpaired) electrons. The largest absolute Gasteiger partial charge is 0.371 e. The number of carbonyl (C=O) groups excluding carboxylic acids is 1. The quantitative estimate of drug-likeness (QED) is 0.810. The average molecular weight is 338 g/mol. The lowest BCUT2D eigenvalue weighted by Crippen LogP contribution is -2.47. The van der Waals surface area contributed by atoms with Crippen LogP contribution in [0.15, 0.2) is 54.7 Å². The van der Waals surface area contributed by atoms with Gasteiger partial charge in [0, 0.05) is 31.6 Å². The molecule has 0 bridgehead atoms. The summed E-state index contributed by atoms with van der Waals surface area (Å²) < 4.78 is 6.22. The minimum absolute atomic E-state index is 0.156. The second-order valence-corrected chi connectivity index (χ2v) is 6.60. The molecule has 0 unspecified atom stereocenters. The van der Waals surface area contributed by atoms with Crippen LogP contribution in [0.4, 0.5) is 0 Å². The highest BCUT2D eigenvalue weighted by molar-refractivity contribution is 5.75. The normalized spacial score (nSPS) is 20.4. The van der Waals surface area contributed by atoms with Crippen molar-refractivity contribution in [3.8, 4) is 0 Å². The highest BCUT2D eigenvalue weighted by Gasteiger charge is 2.31. The van der Waals surface area contributed by atoms with Gasteiger partial charge in [0.05, 0.1) is 18.4 Å². The summed E-state index contributed by atoms with van der Waals surface area (Å²) in [6.07, 6.45) is 4.33. The zero-order valence-corrected chi connectivity index (χ0v) is 14.8. The van der Waals surface area contributed by atoms with Crippen molar-refractivity contribution in [2.45, 2.75) is 38.9 Å². The Hall–Kier alpha value is -2.20. The molecule has 25 heavy (non-hydrogen) atoms. The Morgan fingerprint density at radius 1 is 1.20 bits per heavy atom. The van der Waals surface area contributed by atoms with Gasteiger partial charge >= 0.3 is 0 Å². The Balaban J connectivity index is 1.67. The van der Waals surface area contributed by atoms with Crippen molar-refractivity contribution in [3.63, 3.8) is 0 Å². The number of hydrogen-bond acceptors (Lipinski definition) is 3. The van der Waals surface area contributed by atoms with E-state index >= 15 is 0 Å². The molecule has 1 amide bonds. The number of nitrogens with zero attached hydrogens (tertiary/aromatic N) is 2. The van der Waals surface area contributed by atoms with E-state index in [0.29, 0.717) is 18.9 Å². The minimum Gasteiger partial charge on any atom is -0.371 e. The van der Waals surface area contributed by atoms with Crippen LogP contribution in [0.1, 0.15) is 31.0 Å². The van der Waals surface area contributed by atoms with E-state index in [2.05, 4.69) is 29.2 Å². The van der Waals surface area contributed by atoms with E-state index in [1.54, 1.807) is 6.20 Å². The maximum Gasteiger partial charge on any atom is 0.222 e. The third-order valence-electron chi connectivity index (χ3n) is 4.83. The molecular weight excluding hydrogens is 312 g/mol. The lowest BCUT2D eigenvalue weighted by atomic mass is 9.88. The number of aromatic nitrogens is 1. The summed E-state index contributed by atoms with van der Waals surface area (Å²) in [5.41, 5.74) is 2.25. The van der Waals surface area contributed by atoms with Crippen molar-refractivity contribution < 1.29 is 9.53 Å². The van der Waals surface area contributed by atoms with Crippen LogP contribution in [0.5, 0.6) is 0 Å². The molecule has 0 spiro atoms. The monoisotopic (exact) mass is 338 g/mol. The highest BCUT2D eigenvalue weighted by atomic mass is 16.5. The third-order valence-corrected chi connectivity index (χ3v) is 4.83. The number of amides is 1. The number of pyridine rings is 1. The molecule has 1 aromatic carbocycles. The number of hydrogen-bond donors (Lipinski definition) is 0. The fourth-order valence-electron chi connectivity index (χ4n) is 3.47. The molecule has 4 nitrogen and oxygen atoms in total. The van der Waals surface area contributed by atoms with Crippen molar-refractivity contribution in [2.75, 3.05) is 13.1 Å². The molecule has 1 aromatic heterocycles. The van der Waals surface area contributed by atoms with E-state index < -0.39 is 0 Å². The standard InChI is InChI=1S/C21H26N2O2/c1-2-21(24)23-13-11-20(25-16-19-10-6-7-12-22-19)18(15-23)14-17-8-4-3-5-9-17/h3-10,12,18,20H,2,11,13-16H2,1H3/t18-,20-/m1/s1. The van der Waals surface area contributed by atoms with Crippen LogP contribution in [0.25, 0.3) is 0 Å². The Kier molecular flexibility index (Phi) is 6.18. The number of rotatable bonds is 6. The Bertz CT molecular complexity index is 660. The lowest BCUT2D eigenvalue weighted by molar-refractivity contribution is -0.136. The molecule has 4 heteroatoms. The fraction of sp³-hybridized carbons (Fsp3) is 0.429. The first-order chi connectivity index (χ1) is 12.3. The van der Waals surface area contributed by atoms with E-state index in [0.717, 1.165) is 31.6 Å². The number of piperidine rings is 1. The Morgan fingerprint density at radius 2 is 2.00 bits per heavy atom. The summed E-state index contributed by atoms with van der Waals surface area (Å²) in [6, 6.07) is 16.3. The second-order valence-electron chi connectivity index (χ2n) is 6.60. The first kappa shape index (κ1) is 17.6. The summed E-state index contributed by atoms with van der Waals surface area (Å²) >= 11 is 0. The molecule has 0 aliphatic carbocycles. The van der Waals surface area contributed by atoms with Gasteiger partial charge in [-0.2, -0.15) is 0 Å². The molecule has 3 rings (SSSR count). The predicted molar refractivity (Wildman–Crippen MR) is 97.9 cm³/mol. The van der Waals surface area contributed by atoms with Gasteiger partial charge in [-0.05, 0) is 30.5 Å². The lowest BCUT2D eigenvalue weighted by Gasteiger charge is -2.38. The van der Waals surface area contributed by atoms with Crippen molar-refractivity contribution in [1.82, 2.24) is 9.88 Å². The van der Waals surface area contributed by atoms with E-state index in [-0.39, 0.29) is 12.0 Å². The van der Waals surface area contributed by atoms with Crippen LogP contribution < -0.4 is 0 Å². The van der Waals surface area contributed by atoms with Gasteiger partial charge in [-0.3, -0.25) is 9.78 Å². The first-order valence-electron chi connectivity index (χ1n) is 9.09. The van der Waals surface area contributed by atoms with Gasteiger partial charge in [0.15, 0.2) is 0 Å². The van der Waals surface area contributed by atoms with Crippen LogP contribution in [-0.4, -0.2) is 35.0 Å². The van der Waals surface area contributed by atoms with Crippen LogP contribution in [-0.2, 0) is 22.6 Å². The zero-order valence-electron chi connectivity index (χ0n) is 14.8. The van der Waals surface area contributed by atoms with Crippen molar-refractivity contribution in [1.29, 1.82) is 0 Å². The average Bonchev–Trinajstić information content (AvgIpc) is 2.68. The van der Waals surface area contributed by atoms with E-state index in [4.69, 9.17) is 4.74 Å². The van der Waals surface area contributed by atoms with E-state index in [1.165, 1.54) is 5.56 Å². The van der Waals surface area contributed by atoms with E-state index in [1.807, 2.05) is 36.1 Å². The molecule has 2 atom stereocenters. The maximum atomic E-state index is 12.1. The SMILES string of the molecule is CCC(=O)N1CC[C@@H](OCc2ccccn2)[C@H](Cc2ccccc2)C1. The molecule has 1 aliphatic heterocycles. The predicted octanol–water partition coefficient (Wildman–Crippen LogP) is 3.47. The van der Waals surface area contributed by atoms with Gasteiger partial charge in [-0.15, -0.1) is 0 Å². The van der Waals surface area contributed by atoms with Crippen LogP contribution in [0.3, 0.4) is 0 Å². The third kappa shape index (κ3) is 4.89. The second kappa shape index (κ2) is 8.77. The maximum absolute atomic E-state index is 12.1. The molecule has 1 fully saturated rings. The molecule has 1 aliphatic rings. The number of carbonyl (C=O) groups is 1. The van der Waals surface area contributed by atoms with Gasteiger partial charge in [-0.1, -0.05) is 43.3 Å². The van der Waals surface area contributed by atoms with E-state index in [9.17, 15) is 4.79 Å². The van der Waals surface area contributed by atoms with Gasteiger partial charge in [-0.25, -0.2) is 0 Å². The molecule has 132 valence electrons. The molecule has 2 heterocycles. The van der Waals surface area contributed by atoms with Crippen molar-refractivity contribution in [3.05, 3.63) is 66.0 Å². The van der Waals surface area contributed by atoms with Gasteiger partial charge in [0.2, 0.25) is 5.91 Å². The Labute approximate surface area is 149 Å². The van der Waals surface area contributed by atoms with Gasteiger partial charge in [0.1, 0.15) is 0 Å². The summed E-state index contributed by atoms with van der Waals surface area (Å²) in [6.45, 7) is 4.01. The molecular formula is C21H26N2O2. The molecule has 2 aromatic rings. The zero-order chi connectivity index (χ0) is 17.5. The topological polar surface area (TPSA) is 42.4 Å². The molecule has 0 N–H and O–H groups in total. The summed E-state index contributed by atoms with van der Waals surface area (Å²) in [5, 5.41) is 0. The summed E-state index contributed by atoms with van der Waals surface area (Å²) in [5.74, 6) is 0.552. The van der Waals surface area contributed by atoms with Crippen LogP contribution in [0, 0.1) is 5.92 Å². The molecule has 1 saturated heterocycles. The summed E-state index contributed by atoms with van der Waals surface area (Å²) in [4.78, 5) is 18.5. The molecule has 0 saturated carbocycles. The van der Waals surface area contributed by atoms with Crippen LogP contribution >= 0.6 is 0 Å². The number of likely N-dealkylation sites (tertiary alicyclic amines) is 1. The Morgan fingerprint density at radius 3 is 2.72 bits per heavy atom. The summed E-state index contributed by atoms with van der Waals surface area (Å²) in [7, 11) is 0. The fourth-order valence-corrected chi connectivity index (χ4v) is 3.47. The smallest absolute Gasteiger partial charge is 0.222 e. The van der Waals surface area contributed by atoms with Gasteiger partial charge in [0.25, 0.3) is 0 Å². The number of benzene rings is 1. The van der Waals surface area contributed by atoms with Crippen molar-refractivity contribution >= 4 is 5.91 Å². The highest BCUT2D eigenvalue weighted by Crippen LogP contribution is 2.25. The van der Waals surface area contributed by atoms with Gasteiger partial charge < -0.3 is 9.64 Å². The van der Waals surface area contributed by atoms with Crippen molar-refractivity contribution in [2.24, 2.45) is 5.92 Å². The minimum atomic E-state index is 0.156.